The molecule has 110 valence electrons. The first-order chi connectivity index (χ1) is 9.61. The van der Waals surface area contributed by atoms with E-state index in [-0.39, 0.29) is 12.2 Å². The summed E-state index contributed by atoms with van der Waals surface area (Å²) >= 11 is 6.43. The summed E-state index contributed by atoms with van der Waals surface area (Å²) in [5.41, 5.74) is 2.39. The van der Waals surface area contributed by atoms with Gasteiger partial charge in [-0.1, -0.05) is 17.7 Å². The molecule has 0 unspecified atom stereocenters. The van der Waals surface area contributed by atoms with Crippen LogP contribution in [0.1, 0.15) is 32.3 Å². The number of nitrogens with zero attached hydrogens (tertiary/aromatic N) is 1. The van der Waals surface area contributed by atoms with Crippen LogP contribution < -0.4 is 10.2 Å². The molecule has 0 aromatic heterocycles. The molecule has 0 bridgehead atoms. The average Bonchev–Trinajstić information content (AvgIpc) is 3.20. The Labute approximate surface area is 126 Å². The molecular weight excluding hydrogens is 272 g/mol. The molecule has 20 heavy (non-hydrogen) atoms. The van der Waals surface area contributed by atoms with Gasteiger partial charge in [0.05, 0.1) is 12.2 Å². The lowest BCUT2D eigenvalue weighted by molar-refractivity contribution is -0.00521. The highest BCUT2D eigenvalue weighted by Crippen LogP contribution is 2.27. The molecular formula is C16H23ClN2O. The molecule has 0 amide bonds. The van der Waals surface area contributed by atoms with Gasteiger partial charge in [0.15, 0.2) is 0 Å². The maximum Gasteiger partial charge on any atom is 0.0726 e. The summed E-state index contributed by atoms with van der Waals surface area (Å²) in [4.78, 5) is 2.36. The van der Waals surface area contributed by atoms with E-state index in [1.807, 2.05) is 0 Å². The van der Waals surface area contributed by atoms with E-state index >= 15 is 0 Å². The molecule has 1 saturated heterocycles. The third-order valence-electron chi connectivity index (χ3n) is 3.98. The van der Waals surface area contributed by atoms with Crippen molar-refractivity contribution in [2.45, 2.75) is 51.5 Å². The lowest BCUT2D eigenvalue weighted by Gasteiger charge is -2.37. The van der Waals surface area contributed by atoms with Gasteiger partial charge < -0.3 is 15.0 Å². The summed E-state index contributed by atoms with van der Waals surface area (Å²) in [5, 5.41) is 4.37. The Kier molecular flexibility index (Phi) is 4.20. The molecule has 0 spiro atoms. The molecule has 1 aromatic carbocycles. The Bertz CT molecular complexity index is 466. The largest absolute Gasteiger partial charge is 0.372 e. The number of ether oxygens (including phenoxy) is 1. The fourth-order valence-corrected chi connectivity index (χ4v) is 3.05. The second kappa shape index (κ2) is 5.92. The Morgan fingerprint density at radius 3 is 2.55 bits per heavy atom. The zero-order valence-corrected chi connectivity index (χ0v) is 13.0. The van der Waals surface area contributed by atoms with E-state index in [4.69, 9.17) is 16.3 Å². The highest BCUT2D eigenvalue weighted by molar-refractivity contribution is 6.31. The van der Waals surface area contributed by atoms with E-state index in [0.717, 1.165) is 24.7 Å². The van der Waals surface area contributed by atoms with Crippen molar-refractivity contribution in [3.8, 4) is 0 Å². The van der Waals surface area contributed by atoms with Crippen LogP contribution in [0.3, 0.4) is 0 Å². The van der Waals surface area contributed by atoms with Crippen molar-refractivity contribution in [1.29, 1.82) is 0 Å². The quantitative estimate of drug-likeness (QED) is 0.923. The summed E-state index contributed by atoms with van der Waals surface area (Å²) < 4.78 is 5.78. The van der Waals surface area contributed by atoms with Gasteiger partial charge in [-0.2, -0.15) is 0 Å². The van der Waals surface area contributed by atoms with Crippen molar-refractivity contribution < 1.29 is 4.74 Å². The first-order valence-corrected chi connectivity index (χ1v) is 7.92. The molecule has 3 nitrogen and oxygen atoms in total. The minimum Gasteiger partial charge on any atom is -0.372 e. The summed E-state index contributed by atoms with van der Waals surface area (Å²) in [6.07, 6.45) is 3.15. The molecule has 1 aliphatic heterocycles. The van der Waals surface area contributed by atoms with E-state index in [9.17, 15) is 0 Å². The van der Waals surface area contributed by atoms with Gasteiger partial charge in [0, 0.05) is 36.4 Å². The zero-order valence-electron chi connectivity index (χ0n) is 12.2. The number of benzene rings is 1. The van der Waals surface area contributed by atoms with Crippen LogP contribution in [0.5, 0.6) is 0 Å². The van der Waals surface area contributed by atoms with E-state index in [2.05, 4.69) is 42.3 Å². The topological polar surface area (TPSA) is 24.5 Å². The van der Waals surface area contributed by atoms with Crippen molar-refractivity contribution in [2.24, 2.45) is 0 Å². The second-order valence-corrected chi connectivity index (χ2v) is 6.50. The van der Waals surface area contributed by atoms with Gasteiger partial charge in [-0.3, -0.25) is 0 Å². The van der Waals surface area contributed by atoms with Crippen molar-refractivity contribution in [3.63, 3.8) is 0 Å². The number of nitrogens with one attached hydrogen (secondary N) is 1. The Morgan fingerprint density at radius 1 is 1.25 bits per heavy atom. The van der Waals surface area contributed by atoms with Gasteiger partial charge in [-0.05, 0) is 44.4 Å². The van der Waals surface area contributed by atoms with E-state index in [1.165, 1.54) is 24.1 Å². The van der Waals surface area contributed by atoms with Gasteiger partial charge in [-0.15, -0.1) is 0 Å². The molecule has 0 radical (unpaired) electrons. The number of halogens is 1. The fourth-order valence-electron chi connectivity index (χ4n) is 2.81. The number of hydrogen-bond donors (Lipinski definition) is 1. The van der Waals surface area contributed by atoms with Gasteiger partial charge in [0.25, 0.3) is 0 Å². The van der Waals surface area contributed by atoms with Crippen molar-refractivity contribution >= 4 is 17.3 Å². The zero-order chi connectivity index (χ0) is 14.1. The molecule has 3 rings (SSSR count). The Hall–Kier alpha value is -0.770. The number of hydrogen-bond acceptors (Lipinski definition) is 3. The summed E-state index contributed by atoms with van der Waals surface area (Å²) in [5.74, 6) is 0. The molecule has 4 heteroatoms. The Morgan fingerprint density at radius 2 is 1.95 bits per heavy atom. The molecule has 2 fully saturated rings. The predicted molar refractivity (Wildman–Crippen MR) is 83.5 cm³/mol. The van der Waals surface area contributed by atoms with Crippen LogP contribution in [0.25, 0.3) is 0 Å². The molecule has 1 N–H and O–H groups in total. The number of rotatable bonds is 4. The lowest BCUT2D eigenvalue weighted by Crippen LogP contribution is -2.45. The van der Waals surface area contributed by atoms with Gasteiger partial charge in [0.2, 0.25) is 0 Å². The number of morpholine rings is 1. The Balaban J connectivity index is 1.68. The van der Waals surface area contributed by atoms with E-state index in [1.54, 1.807) is 0 Å². The molecule has 1 aromatic rings. The summed E-state index contributed by atoms with van der Waals surface area (Å²) in [6.45, 7) is 6.98. The maximum atomic E-state index is 6.43. The minimum atomic E-state index is 0.272. The first-order valence-electron chi connectivity index (χ1n) is 7.54. The highest BCUT2D eigenvalue weighted by atomic mass is 35.5. The fraction of sp³-hybridized carbons (Fsp3) is 0.625. The average molecular weight is 295 g/mol. The van der Waals surface area contributed by atoms with Crippen molar-refractivity contribution in [1.82, 2.24) is 5.32 Å². The highest BCUT2D eigenvalue weighted by Gasteiger charge is 2.23. The van der Waals surface area contributed by atoms with Gasteiger partial charge in [-0.25, -0.2) is 0 Å². The SMILES string of the molecule is C[C@@H]1CN(c2ccc(CNC3CC3)c(Cl)c2)C[C@H](C)O1. The molecule has 1 saturated carbocycles. The third-order valence-corrected chi connectivity index (χ3v) is 4.33. The van der Waals surface area contributed by atoms with Crippen LogP contribution in [-0.4, -0.2) is 31.3 Å². The van der Waals surface area contributed by atoms with Gasteiger partial charge in [0.1, 0.15) is 0 Å². The van der Waals surface area contributed by atoms with Crippen molar-refractivity contribution in [3.05, 3.63) is 28.8 Å². The molecule has 1 heterocycles. The van der Waals surface area contributed by atoms with Crippen LogP contribution in [0.2, 0.25) is 5.02 Å². The summed E-state index contributed by atoms with van der Waals surface area (Å²) in [7, 11) is 0. The van der Waals surface area contributed by atoms with Crippen LogP contribution in [0.15, 0.2) is 18.2 Å². The maximum absolute atomic E-state index is 6.43. The summed E-state index contributed by atoms with van der Waals surface area (Å²) in [6, 6.07) is 7.14. The predicted octanol–water partition coefficient (Wildman–Crippen LogP) is 3.21. The van der Waals surface area contributed by atoms with E-state index in [0.29, 0.717) is 6.04 Å². The normalized spacial score (nSPS) is 26.9. The van der Waals surface area contributed by atoms with Crippen LogP contribution >= 0.6 is 11.6 Å². The van der Waals surface area contributed by atoms with Crippen LogP contribution in [0, 0.1) is 0 Å². The van der Waals surface area contributed by atoms with Crippen LogP contribution in [-0.2, 0) is 11.3 Å². The molecule has 2 atom stereocenters. The van der Waals surface area contributed by atoms with Gasteiger partial charge >= 0.3 is 0 Å². The number of anilines is 1. The smallest absolute Gasteiger partial charge is 0.0726 e. The van der Waals surface area contributed by atoms with Crippen molar-refractivity contribution in [2.75, 3.05) is 18.0 Å². The van der Waals surface area contributed by atoms with Crippen LogP contribution in [0.4, 0.5) is 5.69 Å². The standard InChI is InChI=1S/C16H23ClN2O/c1-11-9-19(10-12(2)20-11)15-6-3-13(16(17)7-15)8-18-14-4-5-14/h3,6-7,11-12,14,18H,4-5,8-10H2,1-2H3/t11-,12+. The van der Waals surface area contributed by atoms with E-state index < -0.39 is 0 Å². The first kappa shape index (κ1) is 14.2. The lowest BCUT2D eigenvalue weighted by atomic mass is 10.1. The monoisotopic (exact) mass is 294 g/mol. The second-order valence-electron chi connectivity index (χ2n) is 6.09. The third kappa shape index (κ3) is 3.46. The molecule has 1 aliphatic carbocycles. The minimum absolute atomic E-state index is 0.272. The molecule has 2 aliphatic rings.